The highest BCUT2D eigenvalue weighted by atomic mass is 16.5. The minimum Gasteiger partial charge on any atom is -0.446 e. The van der Waals surface area contributed by atoms with Crippen molar-refractivity contribution in [1.29, 1.82) is 0 Å². The molecule has 0 saturated carbocycles. The minimum atomic E-state index is 0.760. The Morgan fingerprint density at radius 3 is 1.95 bits per heavy atom. The first-order chi connectivity index (χ1) is 10.4. The lowest BCUT2D eigenvalue weighted by atomic mass is 10.1. The Hall–Kier alpha value is -1.42. The highest BCUT2D eigenvalue weighted by Crippen LogP contribution is 2.10. The van der Waals surface area contributed by atoms with E-state index in [2.05, 4.69) is 19.0 Å². The fourth-order valence-corrected chi connectivity index (χ4v) is 2.33. The first kappa shape index (κ1) is 17.6. The van der Waals surface area contributed by atoms with E-state index < -0.39 is 0 Å². The molecule has 0 atom stereocenters. The predicted octanol–water partition coefficient (Wildman–Crippen LogP) is 5.93. The SMILES string of the molecule is CCCCCCCCCCCCOC#Cc1ccccc1. The average molecular weight is 286 g/mol. The smallest absolute Gasteiger partial charge is 0.115 e. The molecule has 0 N–H and O–H groups in total. The van der Waals surface area contributed by atoms with Gasteiger partial charge in [0, 0.05) is 5.56 Å². The molecule has 0 unspecified atom stereocenters. The summed E-state index contributed by atoms with van der Waals surface area (Å²) in [5.74, 6) is 3.01. The van der Waals surface area contributed by atoms with Crippen molar-refractivity contribution in [1.82, 2.24) is 0 Å². The largest absolute Gasteiger partial charge is 0.446 e. The molecule has 1 aromatic rings. The highest BCUT2D eigenvalue weighted by molar-refractivity contribution is 5.32. The Kier molecular flexibility index (Phi) is 11.4. The van der Waals surface area contributed by atoms with Crippen LogP contribution in [0.1, 0.15) is 76.7 Å². The van der Waals surface area contributed by atoms with Crippen LogP contribution in [0.15, 0.2) is 30.3 Å². The molecule has 116 valence electrons. The van der Waals surface area contributed by atoms with Crippen LogP contribution in [-0.4, -0.2) is 6.61 Å². The summed E-state index contributed by atoms with van der Waals surface area (Å²) in [5, 5.41) is 0. The fourth-order valence-electron chi connectivity index (χ4n) is 2.33. The highest BCUT2D eigenvalue weighted by Gasteiger charge is 1.92. The summed E-state index contributed by atoms with van der Waals surface area (Å²) < 4.78 is 5.35. The van der Waals surface area contributed by atoms with Gasteiger partial charge in [-0.05, 0) is 24.5 Å². The summed E-state index contributed by atoms with van der Waals surface area (Å²) >= 11 is 0. The van der Waals surface area contributed by atoms with Gasteiger partial charge in [-0.2, -0.15) is 0 Å². The van der Waals surface area contributed by atoms with Crippen molar-refractivity contribution in [2.45, 2.75) is 71.1 Å². The summed E-state index contributed by atoms with van der Waals surface area (Å²) in [4.78, 5) is 0. The van der Waals surface area contributed by atoms with Crippen molar-refractivity contribution in [3.8, 4) is 12.0 Å². The maximum Gasteiger partial charge on any atom is 0.115 e. The number of hydrogen-bond acceptors (Lipinski definition) is 1. The summed E-state index contributed by atoms with van der Waals surface area (Å²) in [6.07, 6.45) is 16.3. The molecule has 0 radical (unpaired) electrons. The third-order valence-electron chi connectivity index (χ3n) is 3.64. The van der Waals surface area contributed by atoms with Gasteiger partial charge < -0.3 is 4.74 Å². The maximum absolute atomic E-state index is 5.35. The lowest BCUT2D eigenvalue weighted by molar-refractivity contribution is 0.267. The monoisotopic (exact) mass is 286 g/mol. The molecule has 1 nitrogen and oxygen atoms in total. The third kappa shape index (κ3) is 11.0. The molecule has 1 rings (SSSR count). The number of hydrogen-bond donors (Lipinski definition) is 0. The van der Waals surface area contributed by atoms with Crippen molar-refractivity contribution < 1.29 is 4.74 Å². The molecule has 1 aromatic carbocycles. The first-order valence-corrected chi connectivity index (χ1v) is 8.61. The fraction of sp³-hybridized carbons (Fsp3) is 0.600. The van der Waals surface area contributed by atoms with E-state index in [1.54, 1.807) is 0 Å². The summed E-state index contributed by atoms with van der Waals surface area (Å²) in [5.41, 5.74) is 1.01. The van der Waals surface area contributed by atoms with E-state index in [1.807, 2.05) is 30.3 Å². The Morgan fingerprint density at radius 1 is 0.762 bits per heavy atom. The average Bonchev–Trinajstić information content (AvgIpc) is 2.53. The zero-order valence-electron chi connectivity index (χ0n) is 13.6. The zero-order chi connectivity index (χ0) is 15.0. The van der Waals surface area contributed by atoms with E-state index in [-0.39, 0.29) is 0 Å². The molecule has 0 fully saturated rings. The van der Waals surface area contributed by atoms with E-state index in [0.29, 0.717) is 0 Å². The third-order valence-corrected chi connectivity index (χ3v) is 3.64. The summed E-state index contributed by atoms with van der Waals surface area (Å²) in [6, 6.07) is 9.97. The minimum absolute atomic E-state index is 0.760. The van der Waals surface area contributed by atoms with Crippen LogP contribution in [0.2, 0.25) is 0 Å². The van der Waals surface area contributed by atoms with Gasteiger partial charge in [0.2, 0.25) is 0 Å². The van der Waals surface area contributed by atoms with Gasteiger partial charge in [0.15, 0.2) is 0 Å². The second-order valence-corrected chi connectivity index (χ2v) is 5.62. The molecule has 0 saturated heterocycles. The van der Waals surface area contributed by atoms with Gasteiger partial charge in [-0.25, -0.2) is 0 Å². The first-order valence-electron chi connectivity index (χ1n) is 8.61. The van der Waals surface area contributed by atoms with Gasteiger partial charge in [0.05, 0.1) is 0 Å². The molecule has 0 amide bonds. The van der Waals surface area contributed by atoms with Crippen LogP contribution in [0.4, 0.5) is 0 Å². The Labute approximate surface area is 131 Å². The quantitative estimate of drug-likeness (QED) is 0.361. The standard InChI is InChI=1S/C20H30O/c1-2-3-4-5-6-7-8-9-10-14-18-21-19-17-20-15-12-11-13-16-20/h11-13,15-16H,2-10,14,18H2,1H3. The van der Waals surface area contributed by atoms with E-state index in [9.17, 15) is 0 Å². The summed E-state index contributed by atoms with van der Waals surface area (Å²) in [6.45, 7) is 3.03. The second kappa shape index (κ2) is 13.6. The van der Waals surface area contributed by atoms with Crippen molar-refractivity contribution in [2.75, 3.05) is 6.61 Å². The molecule has 0 bridgehead atoms. The molecule has 0 spiro atoms. The van der Waals surface area contributed by atoms with Gasteiger partial charge in [0.25, 0.3) is 0 Å². The maximum atomic E-state index is 5.35. The van der Waals surface area contributed by atoms with Crippen LogP contribution in [0.5, 0.6) is 0 Å². The van der Waals surface area contributed by atoms with E-state index in [4.69, 9.17) is 4.74 Å². The van der Waals surface area contributed by atoms with Crippen LogP contribution in [-0.2, 0) is 4.74 Å². The Balaban J connectivity index is 1.84. The lowest BCUT2D eigenvalue weighted by Gasteiger charge is -2.01. The van der Waals surface area contributed by atoms with Crippen molar-refractivity contribution in [2.24, 2.45) is 0 Å². The van der Waals surface area contributed by atoms with Crippen molar-refractivity contribution in [3.63, 3.8) is 0 Å². The summed E-state index contributed by atoms with van der Waals surface area (Å²) in [7, 11) is 0. The molecule has 21 heavy (non-hydrogen) atoms. The second-order valence-electron chi connectivity index (χ2n) is 5.62. The van der Waals surface area contributed by atoms with Crippen LogP contribution in [0, 0.1) is 12.0 Å². The van der Waals surface area contributed by atoms with Gasteiger partial charge in [-0.15, -0.1) is 0 Å². The predicted molar refractivity (Wildman–Crippen MR) is 91.1 cm³/mol. The molecule has 0 aliphatic heterocycles. The molecule has 0 heterocycles. The van der Waals surface area contributed by atoms with Gasteiger partial charge in [0.1, 0.15) is 12.7 Å². The van der Waals surface area contributed by atoms with Gasteiger partial charge in [-0.3, -0.25) is 0 Å². The molecule has 0 aliphatic rings. The number of ether oxygens (including phenoxy) is 1. The topological polar surface area (TPSA) is 9.23 Å². The normalized spacial score (nSPS) is 9.95. The van der Waals surface area contributed by atoms with Crippen LogP contribution >= 0.6 is 0 Å². The van der Waals surface area contributed by atoms with Crippen molar-refractivity contribution in [3.05, 3.63) is 35.9 Å². The molecular formula is C20H30O. The Bertz CT molecular complexity index is 385. The van der Waals surface area contributed by atoms with Crippen molar-refractivity contribution >= 4 is 0 Å². The van der Waals surface area contributed by atoms with Gasteiger partial charge in [-0.1, -0.05) is 82.9 Å². The van der Waals surface area contributed by atoms with E-state index in [0.717, 1.165) is 18.6 Å². The number of benzene rings is 1. The van der Waals surface area contributed by atoms with E-state index >= 15 is 0 Å². The van der Waals surface area contributed by atoms with Crippen LogP contribution in [0.3, 0.4) is 0 Å². The lowest BCUT2D eigenvalue weighted by Crippen LogP contribution is -1.89. The number of rotatable bonds is 11. The van der Waals surface area contributed by atoms with Crippen LogP contribution in [0.25, 0.3) is 0 Å². The molecule has 0 aliphatic carbocycles. The molecule has 0 aromatic heterocycles. The Morgan fingerprint density at radius 2 is 1.33 bits per heavy atom. The number of unbranched alkanes of at least 4 members (excludes halogenated alkanes) is 9. The zero-order valence-corrected chi connectivity index (χ0v) is 13.6. The van der Waals surface area contributed by atoms with Gasteiger partial charge >= 0.3 is 0 Å². The van der Waals surface area contributed by atoms with E-state index in [1.165, 1.54) is 57.8 Å². The molecular weight excluding hydrogens is 256 g/mol. The molecule has 1 heteroatoms. The van der Waals surface area contributed by atoms with Crippen LogP contribution < -0.4 is 0 Å².